The third-order valence-electron chi connectivity index (χ3n) is 6.36. The molecule has 2 atom stereocenters. The molecule has 1 fully saturated rings. The third kappa shape index (κ3) is 3.98. The van der Waals surface area contributed by atoms with E-state index >= 15 is 0 Å². The minimum atomic E-state index is -0.570. The first-order valence-electron chi connectivity index (χ1n) is 11.0. The summed E-state index contributed by atoms with van der Waals surface area (Å²) in [7, 11) is 0. The molecule has 30 heavy (non-hydrogen) atoms. The quantitative estimate of drug-likeness (QED) is 0.725. The first kappa shape index (κ1) is 20.6. The Balaban J connectivity index is 1.51. The average molecular weight is 412 g/mol. The van der Waals surface area contributed by atoms with E-state index in [1.807, 2.05) is 18.7 Å². The number of ether oxygens (including phenoxy) is 1. The molecule has 1 amide bonds. The number of rotatable bonds is 3. The molecule has 0 unspecified atom stereocenters. The summed E-state index contributed by atoms with van der Waals surface area (Å²) in [5, 5.41) is 0.504. The number of carbonyl (C=O) groups excluding carboxylic acids is 2. The molecule has 4 rings (SSSR count). The maximum atomic E-state index is 12.8. The minimum absolute atomic E-state index is 0.0555. The highest BCUT2D eigenvalue weighted by molar-refractivity contribution is 5.95. The molecule has 0 saturated carbocycles. The van der Waals surface area contributed by atoms with Gasteiger partial charge in [0, 0.05) is 25.0 Å². The van der Waals surface area contributed by atoms with Gasteiger partial charge in [0.2, 0.25) is 0 Å². The van der Waals surface area contributed by atoms with E-state index in [1.54, 1.807) is 22.8 Å². The predicted molar refractivity (Wildman–Crippen MR) is 113 cm³/mol. The number of nitrogens with zero attached hydrogens (tertiary/aromatic N) is 3. The van der Waals surface area contributed by atoms with Gasteiger partial charge < -0.3 is 9.64 Å². The second-order valence-corrected chi connectivity index (χ2v) is 8.53. The van der Waals surface area contributed by atoms with E-state index < -0.39 is 5.97 Å². The van der Waals surface area contributed by atoms with Crippen molar-refractivity contribution in [1.82, 2.24) is 14.5 Å². The van der Waals surface area contributed by atoms with E-state index in [9.17, 15) is 14.4 Å². The highest BCUT2D eigenvalue weighted by Crippen LogP contribution is 2.23. The molecule has 2 aliphatic rings. The van der Waals surface area contributed by atoms with Gasteiger partial charge in [-0.25, -0.2) is 9.78 Å². The van der Waals surface area contributed by atoms with Crippen LogP contribution in [0.25, 0.3) is 10.9 Å². The fourth-order valence-corrected chi connectivity index (χ4v) is 4.74. The van der Waals surface area contributed by atoms with Crippen molar-refractivity contribution in [3.63, 3.8) is 0 Å². The van der Waals surface area contributed by atoms with Crippen LogP contribution in [-0.4, -0.2) is 45.0 Å². The Morgan fingerprint density at radius 3 is 2.63 bits per heavy atom. The Labute approximate surface area is 176 Å². The summed E-state index contributed by atoms with van der Waals surface area (Å²) in [6.07, 6.45) is 6.89. The Kier molecular flexibility index (Phi) is 5.88. The average Bonchev–Trinajstić information content (AvgIpc) is 2.97. The number of aryl methyl sites for hydroxylation is 1. The van der Waals surface area contributed by atoms with Gasteiger partial charge in [-0.2, -0.15) is 0 Å². The van der Waals surface area contributed by atoms with Crippen molar-refractivity contribution in [3.05, 3.63) is 39.9 Å². The predicted octanol–water partition coefficient (Wildman–Crippen LogP) is 3.07. The molecule has 0 spiro atoms. The number of esters is 1. The van der Waals surface area contributed by atoms with Crippen LogP contribution in [0.2, 0.25) is 0 Å². The molecule has 0 bridgehead atoms. The monoisotopic (exact) mass is 411 g/mol. The van der Waals surface area contributed by atoms with E-state index in [2.05, 4.69) is 4.98 Å². The molecule has 7 heteroatoms. The number of piperidine rings is 1. The van der Waals surface area contributed by atoms with Crippen LogP contribution >= 0.6 is 0 Å². The normalized spacial score (nSPS) is 21.7. The SMILES string of the molecule is C[C@H]1CCC[C@H](C)N1C(=O)COC(=O)c1ccc2c(=O)n3c(nc2c1)CCCCC3. The van der Waals surface area contributed by atoms with Gasteiger partial charge >= 0.3 is 5.97 Å². The molecule has 2 aromatic rings. The molecule has 0 radical (unpaired) electrons. The molecule has 3 heterocycles. The largest absolute Gasteiger partial charge is 0.452 e. The number of hydrogen-bond acceptors (Lipinski definition) is 5. The molecule has 160 valence electrons. The summed E-state index contributed by atoms with van der Waals surface area (Å²) in [6.45, 7) is 4.49. The van der Waals surface area contributed by atoms with Gasteiger partial charge in [0.15, 0.2) is 6.61 Å². The lowest BCUT2D eigenvalue weighted by Gasteiger charge is -2.38. The number of hydrogen-bond donors (Lipinski definition) is 0. The number of aromatic nitrogens is 2. The minimum Gasteiger partial charge on any atom is -0.452 e. The van der Waals surface area contributed by atoms with Crippen molar-refractivity contribution < 1.29 is 14.3 Å². The number of benzene rings is 1. The summed E-state index contributed by atoms with van der Waals surface area (Å²) in [5.74, 6) is 0.0451. The lowest BCUT2D eigenvalue weighted by molar-refractivity contribution is -0.140. The highest BCUT2D eigenvalue weighted by Gasteiger charge is 2.29. The lowest BCUT2D eigenvalue weighted by atomic mass is 9.97. The second kappa shape index (κ2) is 8.58. The summed E-state index contributed by atoms with van der Waals surface area (Å²) in [6, 6.07) is 5.13. The number of fused-ring (bicyclic) bond motifs is 2. The summed E-state index contributed by atoms with van der Waals surface area (Å²) in [4.78, 5) is 44.5. The number of likely N-dealkylation sites (tertiary alicyclic amines) is 1. The van der Waals surface area contributed by atoms with Crippen LogP contribution in [0, 0.1) is 0 Å². The zero-order valence-electron chi connectivity index (χ0n) is 17.7. The van der Waals surface area contributed by atoms with Crippen molar-refractivity contribution in [2.24, 2.45) is 0 Å². The first-order valence-corrected chi connectivity index (χ1v) is 11.0. The molecular weight excluding hydrogens is 382 g/mol. The summed E-state index contributed by atoms with van der Waals surface area (Å²) < 4.78 is 7.07. The van der Waals surface area contributed by atoms with Crippen molar-refractivity contribution >= 4 is 22.8 Å². The molecule has 1 aromatic carbocycles. The maximum absolute atomic E-state index is 12.8. The van der Waals surface area contributed by atoms with Gasteiger partial charge in [0.25, 0.3) is 11.5 Å². The van der Waals surface area contributed by atoms with Gasteiger partial charge in [0.1, 0.15) is 5.82 Å². The Hall–Kier alpha value is -2.70. The molecule has 1 aromatic heterocycles. The van der Waals surface area contributed by atoms with Gasteiger partial charge in [-0.05, 0) is 64.2 Å². The van der Waals surface area contributed by atoms with Crippen molar-refractivity contribution in [3.8, 4) is 0 Å². The van der Waals surface area contributed by atoms with Crippen LogP contribution in [0.5, 0.6) is 0 Å². The summed E-state index contributed by atoms with van der Waals surface area (Å²) >= 11 is 0. The molecular formula is C23H29N3O4. The van der Waals surface area contributed by atoms with Crippen molar-refractivity contribution in [2.75, 3.05) is 6.61 Å². The molecule has 2 aliphatic heterocycles. The Morgan fingerprint density at radius 2 is 1.87 bits per heavy atom. The van der Waals surface area contributed by atoms with Crippen LogP contribution in [0.4, 0.5) is 0 Å². The van der Waals surface area contributed by atoms with Gasteiger partial charge in [-0.1, -0.05) is 6.42 Å². The first-order chi connectivity index (χ1) is 14.5. The number of carbonyl (C=O) groups is 2. The van der Waals surface area contributed by atoms with Crippen LogP contribution in [0.15, 0.2) is 23.0 Å². The maximum Gasteiger partial charge on any atom is 0.338 e. The molecule has 7 nitrogen and oxygen atoms in total. The second-order valence-electron chi connectivity index (χ2n) is 8.53. The van der Waals surface area contributed by atoms with Crippen molar-refractivity contribution in [1.29, 1.82) is 0 Å². The Morgan fingerprint density at radius 1 is 1.10 bits per heavy atom. The van der Waals surface area contributed by atoms with Gasteiger partial charge in [-0.15, -0.1) is 0 Å². The molecule has 0 N–H and O–H groups in total. The fraction of sp³-hybridized carbons (Fsp3) is 0.565. The van der Waals surface area contributed by atoms with E-state index in [1.165, 1.54) is 0 Å². The number of amides is 1. The van der Waals surface area contributed by atoms with Gasteiger partial charge in [-0.3, -0.25) is 14.2 Å². The van der Waals surface area contributed by atoms with E-state index in [4.69, 9.17) is 4.74 Å². The van der Waals surface area contributed by atoms with E-state index in [0.29, 0.717) is 23.0 Å². The zero-order chi connectivity index (χ0) is 21.3. The lowest BCUT2D eigenvalue weighted by Crippen LogP contribution is -2.49. The zero-order valence-corrected chi connectivity index (χ0v) is 17.7. The van der Waals surface area contributed by atoms with E-state index in [0.717, 1.165) is 50.8 Å². The van der Waals surface area contributed by atoms with Crippen LogP contribution in [0.3, 0.4) is 0 Å². The topological polar surface area (TPSA) is 81.5 Å². The molecule has 0 aliphatic carbocycles. The standard InChI is InChI=1S/C23H29N3O4/c1-15-7-6-8-16(2)26(15)21(27)14-30-23(29)17-10-11-18-19(13-17)24-20-9-4-3-5-12-25(20)22(18)28/h10-11,13,15-16H,3-9,12,14H2,1-2H3/t15-,16-/m0/s1. The Bertz CT molecular complexity index is 1020. The summed E-state index contributed by atoms with van der Waals surface area (Å²) in [5.41, 5.74) is 0.757. The smallest absolute Gasteiger partial charge is 0.338 e. The fourth-order valence-electron chi connectivity index (χ4n) is 4.74. The van der Waals surface area contributed by atoms with E-state index in [-0.39, 0.29) is 30.2 Å². The van der Waals surface area contributed by atoms with Gasteiger partial charge in [0.05, 0.1) is 16.5 Å². The van der Waals surface area contributed by atoms with Crippen LogP contribution in [-0.2, 0) is 22.5 Å². The highest BCUT2D eigenvalue weighted by atomic mass is 16.5. The van der Waals surface area contributed by atoms with Crippen LogP contribution < -0.4 is 5.56 Å². The van der Waals surface area contributed by atoms with Crippen LogP contribution in [0.1, 0.15) is 68.6 Å². The molecule has 1 saturated heterocycles. The third-order valence-corrected chi connectivity index (χ3v) is 6.36. The van der Waals surface area contributed by atoms with Crippen molar-refractivity contribution in [2.45, 2.75) is 77.4 Å².